The predicted molar refractivity (Wildman–Crippen MR) is 91.4 cm³/mol. The number of methoxy groups -OCH3 is 1. The van der Waals surface area contributed by atoms with Crippen LogP contribution in [0.1, 0.15) is 31.1 Å². The average molecular weight is 346 g/mol. The van der Waals surface area contributed by atoms with E-state index in [9.17, 15) is 4.79 Å². The first-order valence-corrected chi connectivity index (χ1v) is 8.12. The second-order valence-corrected chi connectivity index (χ2v) is 8.11. The Balaban J connectivity index is 2.13. The van der Waals surface area contributed by atoms with Crippen molar-refractivity contribution in [2.24, 2.45) is 0 Å². The molecule has 0 fully saturated rings. The molecule has 0 bridgehead atoms. The molecular weight excluding hydrogens is 328 g/mol. The molecule has 126 valence electrons. The predicted octanol–water partition coefficient (Wildman–Crippen LogP) is 3.12. The van der Waals surface area contributed by atoms with Crippen molar-refractivity contribution in [2.45, 2.75) is 30.4 Å². The summed E-state index contributed by atoms with van der Waals surface area (Å²) < 4.78 is 8.87. The Morgan fingerprint density at radius 1 is 1.29 bits per heavy atom. The number of ether oxygens (including phenoxy) is 1. The Morgan fingerprint density at radius 2 is 2.04 bits per heavy atom. The van der Waals surface area contributed by atoms with E-state index in [2.05, 4.69) is 30.9 Å². The summed E-state index contributed by atoms with van der Waals surface area (Å²) in [5.41, 5.74) is 0.829. The van der Waals surface area contributed by atoms with Crippen LogP contribution in [-0.4, -0.2) is 42.1 Å². The topological polar surface area (TPSA) is 81.7 Å². The van der Waals surface area contributed by atoms with Crippen molar-refractivity contribution in [1.29, 1.82) is 0 Å². The minimum Gasteiger partial charge on any atom is -0.495 e. The van der Waals surface area contributed by atoms with Gasteiger partial charge in [0.2, 0.25) is 0 Å². The Kier molecular flexibility index (Phi) is 4.00. The van der Waals surface area contributed by atoms with Crippen LogP contribution in [0.3, 0.4) is 0 Å². The van der Waals surface area contributed by atoms with E-state index < -0.39 is 5.97 Å². The number of aromatic carboxylic acids is 1. The van der Waals surface area contributed by atoms with Gasteiger partial charge in [-0.2, -0.15) is 5.10 Å². The molecule has 0 spiro atoms. The maximum atomic E-state index is 11.0. The highest BCUT2D eigenvalue weighted by Crippen LogP contribution is 2.38. The van der Waals surface area contributed by atoms with E-state index in [1.54, 1.807) is 25.1 Å². The van der Waals surface area contributed by atoms with E-state index in [-0.39, 0.29) is 10.3 Å². The van der Waals surface area contributed by atoms with Gasteiger partial charge in [0.25, 0.3) is 0 Å². The number of fused-ring (bicyclic) bond motifs is 1. The molecule has 7 nitrogen and oxygen atoms in total. The van der Waals surface area contributed by atoms with Crippen molar-refractivity contribution in [3.05, 3.63) is 36.4 Å². The molecule has 3 heterocycles. The summed E-state index contributed by atoms with van der Waals surface area (Å²) in [5.74, 6) is 0.405. The van der Waals surface area contributed by atoms with Crippen LogP contribution < -0.4 is 4.74 Å². The number of aromatic nitrogens is 4. The molecule has 0 atom stereocenters. The summed E-state index contributed by atoms with van der Waals surface area (Å²) in [4.78, 5) is 16.4. The fourth-order valence-electron chi connectivity index (χ4n) is 2.27. The number of nitrogens with zero attached hydrogens (tertiary/aromatic N) is 4. The van der Waals surface area contributed by atoms with E-state index in [1.165, 1.54) is 17.1 Å². The minimum absolute atomic E-state index is 0.0177. The van der Waals surface area contributed by atoms with Gasteiger partial charge in [-0.1, -0.05) is 20.8 Å². The lowest BCUT2D eigenvalue weighted by molar-refractivity contribution is 0.0697. The highest BCUT2D eigenvalue weighted by molar-refractivity contribution is 8.00. The zero-order valence-corrected chi connectivity index (χ0v) is 14.7. The molecule has 0 amide bonds. The number of carboxylic acids is 1. The summed E-state index contributed by atoms with van der Waals surface area (Å²) >= 11 is 1.69. The van der Waals surface area contributed by atoms with Crippen LogP contribution in [0.5, 0.6) is 5.75 Å². The number of imidazole rings is 1. The first-order chi connectivity index (χ1) is 11.3. The molecule has 0 radical (unpaired) electrons. The summed E-state index contributed by atoms with van der Waals surface area (Å²) in [7, 11) is 1.63. The maximum Gasteiger partial charge on any atom is 0.338 e. The van der Waals surface area contributed by atoms with Crippen LogP contribution in [0.25, 0.3) is 11.5 Å². The number of hydrogen-bond acceptors (Lipinski definition) is 5. The van der Waals surface area contributed by atoms with Crippen LogP contribution in [0.2, 0.25) is 0 Å². The van der Waals surface area contributed by atoms with Gasteiger partial charge in [-0.25, -0.2) is 14.5 Å². The van der Waals surface area contributed by atoms with Crippen molar-refractivity contribution in [1.82, 2.24) is 19.2 Å². The number of carbonyl (C=O) groups is 1. The molecule has 8 heteroatoms. The highest BCUT2D eigenvalue weighted by atomic mass is 32.2. The van der Waals surface area contributed by atoms with Crippen molar-refractivity contribution in [3.63, 3.8) is 0 Å². The summed E-state index contributed by atoms with van der Waals surface area (Å²) in [6.07, 6.45) is 6.37. The van der Waals surface area contributed by atoms with Gasteiger partial charge in [0.1, 0.15) is 11.4 Å². The normalized spacial score (nSPS) is 11.8. The lowest BCUT2D eigenvalue weighted by Crippen LogP contribution is -2.08. The molecule has 0 saturated heterocycles. The summed E-state index contributed by atoms with van der Waals surface area (Å²) in [6, 6.07) is 1.86. The van der Waals surface area contributed by atoms with Crippen LogP contribution in [0.15, 0.2) is 35.7 Å². The molecule has 1 N–H and O–H groups in total. The van der Waals surface area contributed by atoms with Crippen LogP contribution >= 0.6 is 11.8 Å². The second-order valence-electron chi connectivity index (χ2n) is 6.24. The minimum atomic E-state index is -1.01. The molecule has 0 aliphatic rings. The van der Waals surface area contributed by atoms with Crippen LogP contribution in [0, 0.1) is 0 Å². The SMILES string of the molecule is COc1cc2ncc(-n3cc(C(=O)O)cn3)n2cc1SC(C)(C)C. The second kappa shape index (κ2) is 5.86. The van der Waals surface area contributed by atoms with Gasteiger partial charge >= 0.3 is 5.97 Å². The van der Waals surface area contributed by atoms with E-state index in [4.69, 9.17) is 9.84 Å². The molecule has 0 aromatic carbocycles. The third-order valence-electron chi connectivity index (χ3n) is 3.26. The molecular formula is C16H18N4O3S. The van der Waals surface area contributed by atoms with Crippen molar-refractivity contribution >= 4 is 23.4 Å². The van der Waals surface area contributed by atoms with Crippen molar-refractivity contribution < 1.29 is 14.6 Å². The molecule has 3 rings (SSSR count). The maximum absolute atomic E-state index is 11.0. The quantitative estimate of drug-likeness (QED) is 0.731. The lowest BCUT2D eigenvalue weighted by Gasteiger charge is -2.19. The van der Waals surface area contributed by atoms with Crippen LogP contribution in [-0.2, 0) is 0 Å². The molecule has 0 aliphatic carbocycles. The molecule has 24 heavy (non-hydrogen) atoms. The molecule has 0 unspecified atom stereocenters. The number of thioether (sulfide) groups is 1. The molecule has 0 aliphatic heterocycles. The van der Waals surface area contributed by atoms with Crippen molar-refractivity contribution in [3.8, 4) is 11.6 Å². The number of pyridine rings is 1. The monoisotopic (exact) mass is 346 g/mol. The highest BCUT2D eigenvalue weighted by Gasteiger charge is 2.18. The number of hydrogen-bond donors (Lipinski definition) is 1. The smallest absolute Gasteiger partial charge is 0.338 e. The largest absolute Gasteiger partial charge is 0.495 e. The lowest BCUT2D eigenvalue weighted by atomic mass is 10.3. The van der Waals surface area contributed by atoms with E-state index in [1.807, 2.05) is 16.7 Å². The Bertz CT molecular complexity index is 908. The standard InChI is InChI=1S/C16H18N4O3S/c1-16(2,3)24-12-9-19-13(5-11(12)23-4)17-7-14(19)20-8-10(6-18-20)15(21)22/h5-9H,1-4H3,(H,21,22). The first-order valence-electron chi connectivity index (χ1n) is 7.31. The van der Waals surface area contributed by atoms with Gasteiger partial charge in [-0.3, -0.25) is 4.40 Å². The molecule has 3 aromatic rings. The Morgan fingerprint density at radius 3 is 2.62 bits per heavy atom. The van der Waals surface area contributed by atoms with Crippen molar-refractivity contribution in [2.75, 3.05) is 7.11 Å². The Labute approximate surface area is 143 Å². The van der Waals surface area contributed by atoms with E-state index >= 15 is 0 Å². The zero-order valence-electron chi connectivity index (χ0n) is 13.8. The van der Waals surface area contributed by atoms with E-state index in [0.717, 1.165) is 10.6 Å². The fourth-order valence-corrected chi connectivity index (χ4v) is 3.33. The van der Waals surface area contributed by atoms with E-state index in [0.29, 0.717) is 11.5 Å². The molecule has 0 saturated carbocycles. The number of rotatable bonds is 4. The van der Waals surface area contributed by atoms with Gasteiger partial charge in [0.05, 0.1) is 30.0 Å². The van der Waals surface area contributed by atoms with Gasteiger partial charge < -0.3 is 9.84 Å². The third kappa shape index (κ3) is 3.09. The van der Waals surface area contributed by atoms with Gasteiger partial charge in [-0.15, -0.1) is 11.8 Å². The first kappa shape index (κ1) is 16.4. The third-order valence-corrected chi connectivity index (χ3v) is 4.39. The Hall–Kier alpha value is -2.48. The van der Waals surface area contributed by atoms with Gasteiger partial charge in [0, 0.05) is 23.2 Å². The molecule has 3 aromatic heterocycles. The zero-order chi connectivity index (χ0) is 17.5. The van der Waals surface area contributed by atoms with Gasteiger partial charge in [0.15, 0.2) is 5.82 Å². The summed E-state index contributed by atoms with van der Waals surface area (Å²) in [6.45, 7) is 6.38. The number of carboxylic acid groups (broad SMARTS) is 1. The summed E-state index contributed by atoms with van der Waals surface area (Å²) in [5, 5.41) is 13.2. The fraction of sp³-hybridized carbons (Fsp3) is 0.312. The van der Waals surface area contributed by atoms with Crippen LogP contribution in [0.4, 0.5) is 0 Å². The van der Waals surface area contributed by atoms with Gasteiger partial charge in [-0.05, 0) is 0 Å². The average Bonchev–Trinajstić information content (AvgIpc) is 3.10.